The van der Waals surface area contributed by atoms with E-state index in [1.165, 1.54) is 12.1 Å². The molecular formula is C19H18F3N7O2. The summed E-state index contributed by atoms with van der Waals surface area (Å²) in [5, 5.41) is 19.2. The first-order chi connectivity index (χ1) is 14.9. The van der Waals surface area contributed by atoms with E-state index in [-0.39, 0.29) is 12.3 Å². The number of carbonyl (C=O) groups is 1. The van der Waals surface area contributed by atoms with Gasteiger partial charge in [-0.15, -0.1) is 23.4 Å². The molecule has 0 radical (unpaired) electrons. The van der Waals surface area contributed by atoms with Crippen molar-refractivity contribution in [1.82, 2.24) is 20.5 Å². The fraction of sp³-hybridized carbons (Fsp3) is 0.158. The van der Waals surface area contributed by atoms with Gasteiger partial charge in [-0.25, -0.2) is 9.78 Å². The van der Waals surface area contributed by atoms with Gasteiger partial charge in [-0.1, -0.05) is 6.07 Å². The molecule has 0 aliphatic heterocycles. The minimum absolute atomic E-state index is 0.275. The van der Waals surface area contributed by atoms with Gasteiger partial charge in [0.1, 0.15) is 17.4 Å². The molecular weight excluding hydrogens is 415 g/mol. The minimum atomic E-state index is -4.76. The summed E-state index contributed by atoms with van der Waals surface area (Å²) in [4.78, 5) is 16.0. The van der Waals surface area contributed by atoms with E-state index in [9.17, 15) is 18.0 Å². The maximum atomic E-state index is 12.1. The number of pyridine rings is 1. The van der Waals surface area contributed by atoms with Crippen LogP contribution in [-0.2, 0) is 0 Å². The number of nitrogens with one attached hydrogen (secondary N) is 4. The molecule has 9 nitrogen and oxygen atoms in total. The predicted octanol–water partition coefficient (Wildman–Crippen LogP) is 3.75. The summed E-state index contributed by atoms with van der Waals surface area (Å²) in [6, 6.07) is 13.2. The molecule has 0 fully saturated rings. The summed E-state index contributed by atoms with van der Waals surface area (Å²) in [7, 11) is 0. The molecule has 2 aromatic heterocycles. The van der Waals surface area contributed by atoms with Crippen molar-refractivity contribution in [2.24, 2.45) is 0 Å². The number of alkyl halides is 3. The number of halogens is 3. The lowest BCUT2D eigenvalue weighted by atomic mass is 10.3. The number of benzene rings is 1. The number of nitrogens with zero attached hydrogens (tertiary/aromatic N) is 3. The van der Waals surface area contributed by atoms with Crippen molar-refractivity contribution in [3.63, 3.8) is 0 Å². The standard InChI is InChI=1S/C19H18F3N7O2/c20-19(21,22)31-14-6-4-13(5-7-14)26-18(30)25-12-11-24-16-8-9-17(29-28-16)27-15-3-1-2-10-23-15/h1-10H,11-12H2,(H,24,28)(H,23,27,29)(H2,25,26,30). The molecule has 1 aromatic carbocycles. The van der Waals surface area contributed by atoms with Crippen molar-refractivity contribution in [3.8, 4) is 5.75 Å². The second-order valence-electron chi connectivity index (χ2n) is 6.02. The molecule has 2 heterocycles. The monoisotopic (exact) mass is 433 g/mol. The van der Waals surface area contributed by atoms with Gasteiger partial charge < -0.3 is 26.0 Å². The molecule has 0 bridgehead atoms. The Bertz CT molecular complexity index is 969. The Kier molecular flexibility index (Phi) is 7.04. The fourth-order valence-corrected chi connectivity index (χ4v) is 2.34. The average molecular weight is 433 g/mol. The van der Waals surface area contributed by atoms with E-state index in [0.717, 1.165) is 12.1 Å². The second kappa shape index (κ2) is 10.1. The molecule has 0 saturated heterocycles. The Hall–Kier alpha value is -4.09. The highest BCUT2D eigenvalue weighted by atomic mass is 19.4. The van der Waals surface area contributed by atoms with Crippen LogP contribution in [0.3, 0.4) is 0 Å². The lowest BCUT2D eigenvalue weighted by molar-refractivity contribution is -0.274. The summed E-state index contributed by atoms with van der Waals surface area (Å²) in [5.41, 5.74) is 0.321. The Morgan fingerprint density at radius 2 is 1.65 bits per heavy atom. The van der Waals surface area contributed by atoms with Crippen LogP contribution in [0.1, 0.15) is 0 Å². The van der Waals surface area contributed by atoms with Crippen LogP contribution in [0.15, 0.2) is 60.8 Å². The number of ether oxygens (including phenoxy) is 1. The Morgan fingerprint density at radius 3 is 2.29 bits per heavy atom. The fourth-order valence-electron chi connectivity index (χ4n) is 2.34. The molecule has 4 N–H and O–H groups in total. The maximum Gasteiger partial charge on any atom is 0.573 e. The molecule has 2 amide bonds. The van der Waals surface area contributed by atoms with Gasteiger partial charge in [-0.2, -0.15) is 0 Å². The van der Waals surface area contributed by atoms with Crippen LogP contribution in [0.2, 0.25) is 0 Å². The molecule has 162 valence electrons. The zero-order valence-electron chi connectivity index (χ0n) is 16.0. The molecule has 0 aliphatic carbocycles. The van der Waals surface area contributed by atoms with E-state index in [0.29, 0.717) is 29.7 Å². The molecule has 12 heteroatoms. The smallest absolute Gasteiger partial charge is 0.406 e. The van der Waals surface area contributed by atoms with Crippen LogP contribution < -0.4 is 26.0 Å². The van der Waals surface area contributed by atoms with Crippen LogP contribution in [0.4, 0.5) is 41.1 Å². The Labute approximate surface area is 175 Å². The highest BCUT2D eigenvalue weighted by molar-refractivity contribution is 5.89. The number of carbonyl (C=O) groups excluding carboxylic acids is 1. The van der Waals surface area contributed by atoms with E-state index in [2.05, 4.69) is 41.2 Å². The summed E-state index contributed by atoms with van der Waals surface area (Å²) in [6.45, 7) is 0.657. The first kappa shape index (κ1) is 21.6. The first-order valence-corrected chi connectivity index (χ1v) is 9.04. The molecule has 0 spiro atoms. The van der Waals surface area contributed by atoms with Gasteiger partial charge in [0.2, 0.25) is 0 Å². The number of anilines is 4. The van der Waals surface area contributed by atoms with Gasteiger partial charge >= 0.3 is 12.4 Å². The minimum Gasteiger partial charge on any atom is -0.406 e. The largest absolute Gasteiger partial charge is 0.573 e. The average Bonchev–Trinajstić information content (AvgIpc) is 2.73. The normalized spacial score (nSPS) is 10.8. The number of aromatic nitrogens is 3. The number of urea groups is 1. The van der Waals surface area contributed by atoms with E-state index < -0.39 is 12.4 Å². The summed E-state index contributed by atoms with van der Waals surface area (Å²) >= 11 is 0. The lowest BCUT2D eigenvalue weighted by Gasteiger charge is -2.11. The number of amides is 2. The number of rotatable bonds is 8. The van der Waals surface area contributed by atoms with Crippen molar-refractivity contribution in [2.75, 3.05) is 29.0 Å². The van der Waals surface area contributed by atoms with Crippen molar-refractivity contribution in [2.45, 2.75) is 6.36 Å². The summed E-state index contributed by atoms with van der Waals surface area (Å²) < 4.78 is 40.2. The Morgan fingerprint density at radius 1 is 0.903 bits per heavy atom. The van der Waals surface area contributed by atoms with Crippen LogP contribution in [-0.4, -0.2) is 40.7 Å². The van der Waals surface area contributed by atoms with Crippen LogP contribution in [0.25, 0.3) is 0 Å². The molecule has 3 aromatic rings. The van der Waals surface area contributed by atoms with Crippen molar-refractivity contribution in [3.05, 3.63) is 60.8 Å². The second-order valence-corrected chi connectivity index (χ2v) is 6.02. The third-order valence-corrected chi connectivity index (χ3v) is 3.65. The van der Waals surface area contributed by atoms with Crippen LogP contribution >= 0.6 is 0 Å². The maximum absolute atomic E-state index is 12.1. The van der Waals surface area contributed by atoms with E-state index in [1.54, 1.807) is 30.5 Å². The van der Waals surface area contributed by atoms with Gasteiger partial charge in [-0.3, -0.25) is 0 Å². The highest BCUT2D eigenvalue weighted by Gasteiger charge is 2.30. The summed E-state index contributed by atoms with van der Waals surface area (Å²) in [6.07, 6.45) is -3.11. The topological polar surface area (TPSA) is 113 Å². The van der Waals surface area contributed by atoms with E-state index >= 15 is 0 Å². The molecule has 0 unspecified atom stereocenters. The van der Waals surface area contributed by atoms with E-state index in [4.69, 9.17) is 0 Å². The van der Waals surface area contributed by atoms with Gasteiger partial charge in [0.25, 0.3) is 0 Å². The van der Waals surface area contributed by atoms with Gasteiger partial charge in [-0.05, 0) is 48.5 Å². The quantitative estimate of drug-likeness (QED) is 0.400. The van der Waals surface area contributed by atoms with Crippen LogP contribution in [0, 0.1) is 0 Å². The van der Waals surface area contributed by atoms with Crippen molar-refractivity contribution < 1.29 is 22.7 Å². The van der Waals surface area contributed by atoms with Gasteiger partial charge in [0, 0.05) is 25.0 Å². The number of hydrogen-bond donors (Lipinski definition) is 4. The Balaban J connectivity index is 1.36. The van der Waals surface area contributed by atoms with Crippen LogP contribution in [0.5, 0.6) is 5.75 Å². The van der Waals surface area contributed by atoms with Crippen molar-refractivity contribution in [1.29, 1.82) is 0 Å². The molecule has 0 saturated carbocycles. The summed E-state index contributed by atoms with van der Waals surface area (Å²) in [5.74, 6) is 1.34. The molecule has 0 aliphatic rings. The first-order valence-electron chi connectivity index (χ1n) is 9.04. The molecule has 3 rings (SSSR count). The molecule has 31 heavy (non-hydrogen) atoms. The van der Waals surface area contributed by atoms with E-state index in [1.807, 2.05) is 6.07 Å². The zero-order chi connectivity index (χ0) is 22.1. The SMILES string of the molecule is O=C(NCCNc1ccc(Nc2ccccn2)nn1)Nc1ccc(OC(F)(F)F)cc1. The lowest BCUT2D eigenvalue weighted by Crippen LogP contribution is -2.32. The molecule has 0 atom stereocenters. The third-order valence-electron chi connectivity index (χ3n) is 3.65. The number of hydrogen-bond acceptors (Lipinski definition) is 7. The van der Waals surface area contributed by atoms with Crippen molar-refractivity contribution >= 4 is 29.2 Å². The zero-order valence-corrected chi connectivity index (χ0v) is 16.0. The van der Waals surface area contributed by atoms with Gasteiger partial charge in [0.15, 0.2) is 5.82 Å². The third kappa shape index (κ3) is 7.68. The predicted molar refractivity (Wildman–Crippen MR) is 108 cm³/mol. The van der Waals surface area contributed by atoms with Gasteiger partial charge in [0.05, 0.1) is 0 Å². The highest BCUT2D eigenvalue weighted by Crippen LogP contribution is 2.23.